The van der Waals surface area contributed by atoms with Gasteiger partial charge in [0.25, 0.3) is 0 Å². The van der Waals surface area contributed by atoms with E-state index in [-0.39, 0.29) is 5.78 Å². The normalized spacial score (nSPS) is 10.7. The maximum Gasteiger partial charge on any atom is 0.134 e. The highest BCUT2D eigenvalue weighted by Gasteiger charge is 2.06. The molecule has 1 aromatic heterocycles. The zero-order valence-electron chi connectivity index (χ0n) is 8.33. The van der Waals surface area contributed by atoms with Gasteiger partial charge < -0.3 is 0 Å². The summed E-state index contributed by atoms with van der Waals surface area (Å²) in [5, 5.41) is 3.43. The quantitative estimate of drug-likeness (QED) is 0.733. The van der Waals surface area contributed by atoms with Crippen molar-refractivity contribution in [1.82, 2.24) is 0 Å². The van der Waals surface area contributed by atoms with Crippen molar-refractivity contribution in [1.29, 1.82) is 0 Å². The van der Waals surface area contributed by atoms with Crippen LogP contribution >= 0.6 is 11.3 Å². The monoisotopic (exact) mass is 204 g/mol. The summed E-state index contributed by atoms with van der Waals surface area (Å²) in [7, 11) is 0. The molecule has 1 nitrogen and oxygen atoms in total. The zero-order valence-corrected chi connectivity index (χ0v) is 9.15. The Balaban J connectivity index is 2.59. The van der Waals surface area contributed by atoms with Gasteiger partial charge in [-0.15, -0.1) is 11.3 Å². The van der Waals surface area contributed by atoms with Crippen LogP contribution in [0.3, 0.4) is 0 Å². The lowest BCUT2D eigenvalue weighted by atomic mass is 10.1. The number of aryl methyl sites for hydroxylation is 1. The summed E-state index contributed by atoms with van der Waals surface area (Å²) in [6, 6.07) is 6.19. The van der Waals surface area contributed by atoms with Crippen molar-refractivity contribution in [3.8, 4) is 0 Å². The van der Waals surface area contributed by atoms with E-state index in [0.717, 1.165) is 5.56 Å². The SMILES string of the molecule is CC(=O)Cc1cccc2c(C)csc12. The smallest absolute Gasteiger partial charge is 0.134 e. The van der Waals surface area contributed by atoms with Crippen LogP contribution in [-0.4, -0.2) is 5.78 Å². The fraction of sp³-hybridized carbons (Fsp3) is 0.250. The molecule has 0 spiro atoms. The Kier molecular flexibility index (Phi) is 2.38. The second-order valence-electron chi connectivity index (χ2n) is 3.59. The number of ketones is 1. The molecule has 0 aliphatic carbocycles. The molecule has 1 heterocycles. The molecule has 0 bridgehead atoms. The largest absolute Gasteiger partial charge is 0.300 e. The van der Waals surface area contributed by atoms with Gasteiger partial charge in [-0.1, -0.05) is 18.2 Å². The lowest BCUT2D eigenvalue weighted by molar-refractivity contribution is -0.116. The molecule has 0 atom stereocenters. The summed E-state index contributed by atoms with van der Waals surface area (Å²) < 4.78 is 1.26. The summed E-state index contributed by atoms with van der Waals surface area (Å²) in [6.45, 7) is 3.75. The molecule has 0 aliphatic rings. The molecule has 72 valence electrons. The standard InChI is InChI=1S/C12H12OS/c1-8-7-14-12-10(6-9(2)13)4-3-5-11(8)12/h3-5,7H,6H2,1-2H3. The summed E-state index contributed by atoms with van der Waals surface area (Å²) >= 11 is 1.73. The number of benzene rings is 1. The van der Waals surface area contributed by atoms with Gasteiger partial charge in [-0.3, -0.25) is 4.79 Å². The Morgan fingerprint density at radius 3 is 2.93 bits per heavy atom. The predicted molar refractivity (Wildman–Crippen MR) is 60.9 cm³/mol. The van der Waals surface area contributed by atoms with Gasteiger partial charge in [0.05, 0.1) is 0 Å². The lowest BCUT2D eigenvalue weighted by Gasteiger charge is -1.99. The van der Waals surface area contributed by atoms with Crippen LogP contribution in [0.15, 0.2) is 23.6 Å². The molecule has 1 aromatic carbocycles. The number of carbonyl (C=O) groups is 1. The first-order chi connectivity index (χ1) is 6.68. The fourth-order valence-corrected chi connectivity index (χ4v) is 2.72. The minimum absolute atomic E-state index is 0.226. The maximum atomic E-state index is 11.1. The average Bonchev–Trinajstić information content (AvgIpc) is 2.49. The molecular formula is C12H12OS. The lowest BCUT2D eigenvalue weighted by Crippen LogP contribution is -1.95. The molecule has 0 aliphatic heterocycles. The molecule has 2 heteroatoms. The van der Waals surface area contributed by atoms with Gasteiger partial charge in [-0.05, 0) is 35.7 Å². The Hall–Kier alpha value is -1.15. The topological polar surface area (TPSA) is 17.1 Å². The van der Waals surface area contributed by atoms with Crippen LogP contribution in [0, 0.1) is 6.92 Å². The van der Waals surface area contributed by atoms with Crippen LogP contribution in [0.2, 0.25) is 0 Å². The third-order valence-corrected chi connectivity index (χ3v) is 3.50. The number of hydrogen-bond donors (Lipinski definition) is 0. The van der Waals surface area contributed by atoms with Gasteiger partial charge in [-0.2, -0.15) is 0 Å². The van der Waals surface area contributed by atoms with Crippen LogP contribution in [-0.2, 0) is 11.2 Å². The van der Waals surface area contributed by atoms with Crippen molar-refractivity contribution < 1.29 is 4.79 Å². The first-order valence-electron chi connectivity index (χ1n) is 4.63. The predicted octanol–water partition coefficient (Wildman–Crippen LogP) is 3.34. The minimum atomic E-state index is 0.226. The number of carbonyl (C=O) groups excluding carboxylic acids is 1. The van der Waals surface area contributed by atoms with E-state index in [1.807, 2.05) is 12.1 Å². The second-order valence-corrected chi connectivity index (χ2v) is 4.47. The minimum Gasteiger partial charge on any atom is -0.300 e. The molecule has 0 fully saturated rings. The molecule has 2 aromatic rings. The van der Waals surface area contributed by atoms with Gasteiger partial charge in [0.1, 0.15) is 5.78 Å². The maximum absolute atomic E-state index is 11.1. The number of hydrogen-bond acceptors (Lipinski definition) is 2. The van der Waals surface area contributed by atoms with Gasteiger partial charge in [0.2, 0.25) is 0 Å². The van der Waals surface area contributed by atoms with Crippen LogP contribution < -0.4 is 0 Å². The highest BCUT2D eigenvalue weighted by Crippen LogP contribution is 2.28. The molecule has 14 heavy (non-hydrogen) atoms. The van der Waals surface area contributed by atoms with Crippen LogP contribution in [0.4, 0.5) is 0 Å². The van der Waals surface area contributed by atoms with E-state index in [2.05, 4.69) is 18.4 Å². The number of rotatable bonds is 2. The van der Waals surface area contributed by atoms with Crippen molar-refractivity contribution in [2.45, 2.75) is 20.3 Å². The van der Waals surface area contributed by atoms with E-state index in [1.54, 1.807) is 18.3 Å². The van der Waals surface area contributed by atoms with E-state index in [0.29, 0.717) is 6.42 Å². The Morgan fingerprint density at radius 2 is 2.21 bits per heavy atom. The number of thiophene rings is 1. The molecule has 0 saturated carbocycles. The highest BCUT2D eigenvalue weighted by molar-refractivity contribution is 7.17. The van der Waals surface area contributed by atoms with Crippen molar-refractivity contribution in [3.63, 3.8) is 0 Å². The zero-order chi connectivity index (χ0) is 10.1. The molecule has 0 amide bonds. The Labute approximate surface area is 87.4 Å². The molecule has 0 N–H and O–H groups in total. The van der Waals surface area contributed by atoms with Gasteiger partial charge in [0, 0.05) is 11.1 Å². The van der Waals surface area contributed by atoms with E-state index >= 15 is 0 Å². The van der Waals surface area contributed by atoms with Crippen LogP contribution in [0.25, 0.3) is 10.1 Å². The van der Waals surface area contributed by atoms with Crippen LogP contribution in [0.1, 0.15) is 18.1 Å². The molecule has 0 radical (unpaired) electrons. The van der Waals surface area contributed by atoms with Crippen molar-refractivity contribution in [2.75, 3.05) is 0 Å². The summed E-state index contributed by atoms with van der Waals surface area (Å²) in [4.78, 5) is 11.1. The summed E-state index contributed by atoms with van der Waals surface area (Å²) in [5.74, 6) is 0.226. The average molecular weight is 204 g/mol. The van der Waals surface area contributed by atoms with Gasteiger partial charge >= 0.3 is 0 Å². The van der Waals surface area contributed by atoms with Gasteiger partial charge in [-0.25, -0.2) is 0 Å². The third kappa shape index (κ3) is 1.58. The number of fused-ring (bicyclic) bond motifs is 1. The first kappa shape index (κ1) is 9.41. The van der Waals surface area contributed by atoms with Crippen molar-refractivity contribution in [3.05, 3.63) is 34.7 Å². The number of Topliss-reactive ketones (excluding diaryl/α,β-unsaturated/α-hetero) is 1. The molecule has 0 unspecified atom stereocenters. The van der Waals surface area contributed by atoms with Crippen molar-refractivity contribution in [2.24, 2.45) is 0 Å². The van der Waals surface area contributed by atoms with Crippen LogP contribution in [0.5, 0.6) is 0 Å². The van der Waals surface area contributed by atoms with E-state index < -0.39 is 0 Å². The highest BCUT2D eigenvalue weighted by atomic mass is 32.1. The second kappa shape index (κ2) is 3.54. The molecule has 2 rings (SSSR count). The summed E-state index contributed by atoms with van der Waals surface area (Å²) in [6.07, 6.45) is 0.553. The Morgan fingerprint density at radius 1 is 1.43 bits per heavy atom. The molecular weight excluding hydrogens is 192 g/mol. The fourth-order valence-electron chi connectivity index (χ4n) is 1.65. The van der Waals surface area contributed by atoms with E-state index in [1.165, 1.54) is 15.6 Å². The van der Waals surface area contributed by atoms with E-state index in [9.17, 15) is 4.79 Å². The van der Waals surface area contributed by atoms with E-state index in [4.69, 9.17) is 0 Å². The Bertz CT molecular complexity index is 482. The third-order valence-electron chi connectivity index (χ3n) is 2.31. The van der Waals surface area contributed by atoms with Gasteiger partial charge in [0.15, 0.2) is 0 Å². The van der Waals surface area contributed by atoms with Crippen molar-refractivity contribution >= 4 is 27.2 Å². The first-order valence-corrected chi connectivity index (χ1v) is 5.51. The summed E-state index contributed by atoms with van der Waals surface area (Å²) in [5.41, 5.74) is 2.46. The molecule has 0 saturated heterocycles.